The quantitative estimate of drug-likeness (QED) is 0.762. The lowest BCUT2D eigenvalue weighted by Crippen LogP contribution is -2.32. The minimum Gasteiger partial charge on any atom is -0.494 e. The molecule has 2 amide bonds. The second-order valence-electron chi connectivity index (χ2n) is 6.63. The van der Waals surface area contributed by atoms with Crippen LogP contribution < -0.4 is 19.7 Å². The lowest BCUT2D eigenvalue weighted by molar-refractivity contribution is -0.126. The van der Waals surface area contributed by atoms with Gasteiger partial charge in [-0.25, -0.2) is 0 Å². The second-order valence-corrected chi connectivity index (χ2v) is 6.63. The topological polar surface area (TPSA) is 67.9 Å². The van der Waals surface area contributed by atoms with Crippen LogP contribution in [0, 0.1) is 5.92 Å². The van der Waals surface area contributed by atoms with Gasteiger partial charge >= 0.3 is 0 Å². The number of carbonyl (C=O) groups excluding carboxylic acids is 2. The van der Waals surface area contributed by atoms with Crippen LogP contribution in [-0.4, -0.2) is 31.6 Å². The Hall–Kier alpha value is -3.02. The predicted molar refractivity (Wildman–Crippen MR) is 108 cm³/mol. The fourth-order valence-electron chi connectivity index (χ4n) is 3.23. The van der Waals surface area contributed by atoms with Gasteiger partial charge in [0, 0.05) is 25.2 Å². The summed E-state index contributed by atoms with van der Waals surface area (Å²) in [5.74, 6) is 1.09. The van der Waals surface area contributed by atoms with Crippen LogP contribution in [-0.2, 0) is 16.1 Å². The SMILES string of the molecule is CCOc1ccc(CNC(=O)[C@@H]2CC(=O)N(c3ccc(OCC)cc3)C2)cc1. The lowest BCUT2D eigenvalue weighted by atomic mass is 10.1. The van der Waals surface area contributed by atoms with Gasteiger partial charge in [-0.1, -0.05) is 12.1 Å². The number of ether oxygens (including phenoxy) is 2. The van der Waals surface area contributed by atoms with E-state index in [1.54, 1.807) is 4.90 Å². The minimum atomic E-state index is -0.346. The van der Waals surface area contributed by atoms with E-state index in [9.17, 15) is 9.59 Å². The van der Waals surface area contributed by atoms with Crippen molar-refractivity contribution in [2.24, 2.45) is 5.92 Å². The van der Waals surface area contributed by atoms with E-state index < -0.39 is 0 Å². The number of nitrogens with one attached hydrogen (secondary N) is 1. The molecule has 0 spiro atoms. The van der Waals surface area contributed by atoms with E-state index in [4.69, 9.17) is 9.47 Å². The molecule has 1 saturated heterocycles. The van der Waals surface area contributed by atoms with Gasteiger partial charge in [-0.15, -0.1) is 0 Å². The van der Waals surface area contributed by atoms with E-state index in [1.807, 2.05) is 62.4 Å². The monoisotopic (exact) mass is 382 g/mol. The van der Waals surface area contributed by atoms with Crippen LogP contribution >= 0.6 is 0 Å². The zero-order valence-corrected chi connectivity index (χ0v) is 16.3. The number of carbonyl (C=O) groups is 2. The molecule has 0 saturated carbocycles. The van der Waals surface area contributed by atoms with Crippen LogP contribution in [0.15, 0.2) is 48.5 Å². The molecule has 0 unspecified atom stereocenters. The molecule has 6 heteroatoms. The van der Waals surface area contributed by atoms with Crippen LogP contribution in [0.25, 0.3) is 0 Å². The Labute approximate surface area is 165 Å². The van der Waals surface area contributed by atoms with Gasteiger partial charge in [0.1, 0.15) is 11.5 Å². The molecule has 148 valence electrons. The molecule has 2 aromatic rings. The third-order valence-corrected chi connectivity index (χ3v) is 4.66. The molecule has 1 aliphatic heterocycles. The molecule has 1 aliphatic rings. The molecule has 0 bridgehead atoms. The number of benzene rings is 2. The third-order valence-electron chi connectivity index (χ3n) is 4.66. The van der Waals surface area contributed by atoms with Gasteiger partial charge < -0.3 is 19.7 Å². The fraction of sp³-hybridized carbons (Fsp3) is 0.364. The van der Waals surface area contributed by atoms with Crippen molar-refractivity contribution >= 4 is 17.5 Å². The summed E-state index contributed by atoms with van der Waals surface area (Å²) in [7, 11) is 0. The maximum absolute atomic E-state index is 12.5. The molecule has 2 aromatic carbocycles. The summed E-state index contributed by atoms with van der Waals surface area (Å²) in [5.41, 5.74) is 1.78. The Morgan fingerprint density at radius 2 is 1.57 bits per heavy atom. The number of anilines is 1. The van der Waals surface area contributed by atoms with Crippen molar-refractivity contribution < 1.29 is 19.1 Å². The zero-order chi connectivity index (χ0) is 19.9. The van der Waals surface area contributed by atoms with Gasteiger partial charge in [0.15, 0.2) is 0 Å². The summed E-state index contributed by atoms with van der Waals surface area (Å²) in [6.07, 6.45) is 0.225. The van der Waals surface area contributed by atoms with Crippen molar-refractivity contribution in [2.45, 2.75) is 26.8 Å². The highest BCUT2D eigenvalue weighted by Crippen LogP contribution is 2.27. The Balaban J connectivity index is 1.54. The van der Waals surface area contributed by atoms with E-state index in [0.717, 1.165) is 22.7 Å². The zero-order valence-electron chi connectivity index (χ0n) is 16.3. The van der Waals surface area contributed by atoms with E-state index in [0.29, 0.717) is 26.3 Å². The molecule has 0 aromatic heterocycles. The summed E-state index contributed by atoms with van der Waals surface area (Å²) in [6.45, 7) is 5.90. The number of hydrogen-bond acceptors (Lipinski definition) is 4. The van der Waals surface area contributed by atoms with E-state index in [2.05, 4.69) is 5.32 Å². The summed E-state index contributed by atoms with van der Waals surface area (Å²) in [4.78, 5) is 26.6. The van der Waals surface area contributed by atoms with Crippen LogP contribution in [0.5, 0.6) is 11.5 Å². The van der Waals surface area contributed by atoms with Crippen molar-refractivity contribution in [2.75, 3.05) is 24.7 Å². The van der Waals surface area contributed by atoms with Crippen molar-refractivity contribution in [3.8, 4) is 11.5 Å². The van der Waals surface area contributed by atoms with Crippen molar-refractivity contribution in [3.63, 3.8) is 0 Å². The van der Waals surface area contributed by atoms with E-state index in [-0.39, 0.29) is 24.2 Å². The average Bonchev–Trinajstić information content (AvgIpc) is 3.10. The van der Waals surface area contributed by atoms with E-state index in [1.165, 1.54) is 0 Å². The number of hydrogen-bond donors (Lipinski definition) is 1. The van der Waals surface area contributed by atoms with Crippen LogP contribution in [0.4, 0.5) is 5.69 Å². The highest BCUT2D eigenvalue weighted by molar-refractivity contribution is 6.00. The van der Waals surface area contributed by atoms with Crippen LogP contribution in [0.1, 0.15) is 25.8 Å². The van der Waals surface area contributed by atoms with Crippen LogP contribution in [0.3, 0.4) is 0 Å². The van der Waals surface area contributed by atoms with Gasteiger partial charge in [0.25, 0.3) is 0 Å². The average molecular weight is 382 g/mol. The Bertz CT molecular complexity index is 802. The van der Waals surface area contributed by atoms with Gasteiger partial charge in [-0.3, -0.25) is 9.59 Å². The molecule has 3 rings (SSSR count). The van der Waals surface area contributed by atoms with Crippen molar-refractivity contribution in [1.29, 1.82) is 0 Å². The predicted octanol–water partition coefficient (Wildman–Crippen LogP) is 3.15. The highest BCUT2D eigenvalue weighted by atomic mass is 16.5. The molecule has 1 N–H and O–H groups in total. The second kappa shape index (κ2) is 9.26. The Morgan fingerprint density at radius 1 is 1.00 bits per heavy atom. The van der Waals surface area contributed by atoms with Crippen molar-refractivity contribution in [1.82, 2.24) is 5.32 Å². The normalized spacial score (nSPS) is 16.1. The molecule has 1 heterocycles. The smallest absolute Gasteiger partial charge is 0.227 e. The molecule has 1 atom stereocenters. The minimum absolute atomic E-state index is 0.0367. The summed E-state index contributed by atoms with van der Waals surface area (Å²) in [6, 6.07) is 15.0. The third kappa shape index (κ3) is 4.82. The molecule has 6 nitrogen and oxygen atoms in total. The maximum atomic E-state index is 12.5. The first-order valence-corrected chi connectivity index (χ1v) is 9.63. The van der Waals surface area contributed by atoms with Gasteiger partial charge in [-0.2, -0.15) is 0 Å². The Morgan fingerprint density at radius 3 is 2.14 bits per heavy atom. The number of amides is 2. The molecule has 0 radical (unpaired) electrons. The van der Waals surface area contributed by atoms with Gasteiger partial charge in [0.2, 0.25) is 11.8 Å². The Kier molecular flexibility index (Phi) is 6.53. The lowest BCUT2D eigenvalue weighted by Gasteiger charge is -2.17. The summed E-state index contributed by atoms with van der Waals surface area (Å²) < 4.78 is 10.8. The maximum Gasteiger partial charge on any atom is 0.227 e. The molecule has 0 aliphatic carbocycles. The number of rotatable bonds is 8. The molecular formula is C22H26N2O4. The van der Waals surface area contributed by atoms with E-state index >= 15 is 0 Å². The first-order chi connectivity index (χ1) is 13.6. The molecular weight excluding hydrogens is 356 g/mol. The largest absolute Gasteiger partial charge is 0.494 e. The summed E-state index contributed by atoms with van der Waals surface area (Å²) in [5, 5.41) is 2.93. The summed E-state index contributed by atoms with van der Waals surface area (Å²) >= 11 is 0. The number of nitrogens with zero attached hydrogens (tertiary/aromatic N) is 1. The van der Waals surface area contributed by atoms with Gasteiger partial charge in [-0.05, 0) is 55.8 Å². The standard InChI is InChI=1S/C22H26N2O4/c1-3-27-19-9-5-16(6-10-19)14-23-22(26)17-13-21(25)24(15-17)18-7-11-20(12-8-18)28-4-2/h5-12,17H,3-4,13-15H2,1-2H3,(H,23,26)/t17-/m1/s1. The highest BCUT2D eigenvalue weighted by Gasteiger charge is 2.34. The fourth-order valence-corrected chi connectivity index (χ4v) is 3.23. The molecule has 28 heavy (non-hydrogen) atoms. The first kappa shape index (κ1) is 19.7. The van der Waals surface area contributed by atoms with Crippen molar-refractivity contribution in [3.05, 3.63) is 54.1 Å². The first-order valence-electron chi connectivity index (χ1n) is 9.63. The molecule has 1 fully saturated rings. The van der Waals surface area contributed by atoms with Crippen LogP contribution in [0.2, 0.25) is 0 Å². The van der Waals surface area contributed by atoms with Gasteiger partial charge in [0.05, 0.1) is 19.1 Å².